The molecule has 6 rings (SSSR count). The summed E-state index contributed by atoms with van der Waals surface area (Å²) in [4.78, 5) is 11.7. The van der Waals surface area contributed by atoms with Crippen LogP contribution in [0.3, 0.4) is 0 Å². The molecule has 1 fully saturated rings. The average Bonchev–Trinajstić information content (AvgIpc) is 3.43. The van der Waals surface area contributed by atoms with Gasteiger partial charge < -0.3 is 4.57 Å². The van der Waals surface area contributed by atoms with Gasteiger partial charge in [-0.25, -0.2) is 4.98 Å². The highest BCUT2D eigenvalue weighted by Gasteiger charge is 2.49. The van der Waals surface area contributed by atoms with Crippen LogP contribution in [0.1, 0.15) is 37.8 Å². The topological polar surface area (TPSA) is 51.8 Å². The van der Waals surface area contributed by atoms with Crippen LogP contribution >= 0.6 is 0 Å². The normalized spacial score (nSPS) is 17.7. The van der Waals surface area contributed by atoms with Crippen LogP contribution in [-0.4, -0.2) is 42.3 Å². The zero-order chi connectivity index (χ0) is 20.3. The van der Waals surface area contributed by atoms with Gasteiger partial charge in [0.2, 0.25) is 0 Å². The average molecular weight is 399 g/mol. The third-order valence-corrected chi connectivity index (χ3v) is 6.73. The number of rotatable bonds is 4. The number of nitrogens with zero attached hydrogens (tertiary/aromatic N) is 6. The quantitative estimate of drug-likeness (QED) is 0.521. The van der Waals surface area contributed by atoms with Crippen LogP contribution < -0.4 is 0 Å². The first-order valence-corrected chi connectivity index (χ1v) is 10.8. The predicted octanol–water partition coefficient (Wildman–Crippen LogP) is 4.03. The highest BCUT2D eigenvalue weighted by atomic mass is 15.3. The van der Waals surface area contributed by atoms with Crippen LogP contribution in [0.4, 0.5) is 0 Å². The minimum absolute atomic E-state index is 0.241. The first-order chi connectivity index (χ1) is 14.6. The summed E-state index contributed by atoms with van der Waals surface area (Å²) in [7, 11) is 0. The van der Waals surface area contributed by atoms with Gasteiger partial charge in [-0.2, -0.15) is 5.10 Å². The molecule has 0 radical (unpaired) electrons. The Balaban J connectivity index is 1.23. The number of imidazole rings is 1. The van der Waals surface area contributed by atoms with Crippen LogP contribution in [0.25, 0.3) is 22.2 Å². The van der Waals surface area contributed by atoms with Crippen molar-refractivity contribution in [3.63, 3.8) is 0 Å². The van der Waals surface area contributed by atoms with Crippen molar-refractivity contribution < 1.29 is 0 Å². The third-order valence-electron chi connectivity index (χ3n) is 6.73. The van der Waals surface area contributed by atoms with E-state index in [1.165, 1.54) is 12.1 Å². The van der Waals surface area contributed by atoms with E-state index in [2.05, 4.69) is 74.5 Å². The maximum atomic E-state index is 4.92. The molecule has 1 saturated heterocycles. The first-order valence-electron chi connectivity index (χ1n) is 10.8. The second kappa shape index (κ2) is 6.51. The van der Waals surface area contributed by atoms with Crippen LogP contribution in [0.2, 0.25) is 0 Å². The van der Waals surface area contributed by atoms with E-state index in [0.29, 0.717) is 6.04 Å². The highest BCUT2D eigenvalue weighted by Crippen LogP contribution is 2.44. The molecule has 0 atom stereocenters. The third kappa shape index (κ3) is 2.70. The van der Waals surface area contributed by atoms with E-state index in [1.807, 2.05) is 18.5 Å². The standard InChI is InChI=1S/C24H26N6/c1-17(2)29-10-8-25-23(29)14-28-15-24(16-28)7-9-30-22(24)12-21(27-30)19-11-18-5-3-4-6-20(18)26-13-19/h3-6,8,10-13,17H,7,9,14-16H2,1-2H3. The lowest BCUT2D eigenvalue weighted by molar-refractivity contribution is 0.0544. The summed E-state index contributed by atoms with van der Waals surface area (Å²) in [5.74, 6) is 1.16. The number of benzene rings is 1. The molecule has 0 saturated carbocycles. The summed E-state index contributed by atoms with van der Waals surface area (Å²) in [6.45, 7) is 8.51. The van der Waals surface area contributed by atoms with E-state index in [9.17, 15) is 0 Å². The molecule has 2 aliphatic heterocycles. The van der Waals surface area contributed by atoms with E-state index in [-0.39, 0.29) is 5.41 Å². The fourth-order valence-electron chi connectivity index (χ4n) is 5.19. The van der Waals surface area contributed by atoms with E-state index in [4.69, 9.17) is 5.10 Å². The van der Waals surface area contributed by atoms with Crippen LogP contribution in [-0.2, 0) is 18.5 Å². The number of fused-ring (bicyclic) bond motifs is 3. The molecular weight excluding hydrogens is 372 g/mol. The zero-order valence-electron chi connectivity index (χ0n) is 17.5. The Kier molecular flexibility index (Phi) is 3.87. The molecule has 0 bridgehead atoms. The van der Waals surface area contributed by atoms with Crippen molar-refractivity contribution in [1.82, 2.24) is 29.2 Å². The van der Waals surface area contributed by atoms with Gasteiger partial charge >= 0.3 is 0 Å². The lowest BCUT2D eigenvalue weighted by Gasteiger charge is -2.47. The molecule has 1 aromatic carbocycles. The molecule has 6 nitrogen and oxygen atoms in total. The summed E-state index contributed by atoms with van der Waals surface area (Å²) in [6.07, 6.45) is 7.13. The molecule has 0 aliphatic carbocycles. The van der Waals surface area contributed by atoms with Crippen molar-refractivity contribution >= 4 is 10.9 Å². The summed E-state index contributed by atoms with van der Waals surface area (Å²) in [5, 5.41) is 6.09. The number of hydrogen-bond acceptors (Lipinski definition) is 4. The largest absolute Gasteiger partial charge is 0.331 e. The highest BCUT2D eigenvalue weighted by molar-refractivity contribution is 5.82. The Morgan fingerprint density at radius 3 is 2.83 bits per heavy atom. The minimum atomic E-state index is 0.241. The summed E-state index contributed by atoms with van der Waals surface area (Å²) < 4.78 is 4.49. The fourth-order valence-corrected chi connectivity index (χ4v) is 5.19. The molecule has 0 N–H and O–H groups in total. The van der Waals surface area contributed by atoms with Crippen molar-refractivity contribution in [3.8, 4) is 11.3 Å². The Morgan fingerprint density at radius 1 is 1.10 bits per heavy atom. The van der Waals surface area contributed by atoms with Crippen LogP contribution in [0.5, 0.6) is 0 Å². The summed E-state index contributed by atoms with van der Waals surface area (Å²) in [5.41, 5.74) is 4.79. The van der Waals surface area contributed by atoms with E-state index in [0.717, 1.165) is 54.2 Å². The van der Waals surface area contributed by atoms with Gasteiger partial charge in [0.15, 0.2) is 0 Å². The smallest absolute Gasteiger partial charge is 0.123 e. The predicted molar refractivity (Wildman–Crippen MR) is 117 cm³/mol. The second-order valence-electron chi connectivity index (χ2n) is 9.07. The van der Waals surface area contributed by atoms with Crippen molar-refractivity contribution in [2.75, 3.05) is 13.1 Å². The molecule has 0 amide bonds. The molecule has 30 heavy (non-hydrogen) atoms. The van der Waals surface area contributed by atoms with Gasteiger partial charge in [0, 0.05) is 66.3 Å². The number of likely N-dealkylation sites (tertiary alicyclic amines) is 1. The summed E-state index contributed by atoms with van der Waals surface area (Å²) >= 11 is 0. The van der Waals surface area contributed by atoms with Crippen molar-refractivity contribution in [2.45, 2.75) is 44.8 Å². The van der Waals surface area contributed by atoms with E-state index < -0.39 is 0 Å². The van der Waals surface area contributed by atoms with Crippen molar-refractivity contribution in [1.29, 1.82) is 0 Å². The van der Waals surface area contributed by atoms with Gasteiger partial charge in [-0.15, -0.1) is 0 Å². The van der Waals surface area contributed by atoms with Crippen molar-refractivity contribution in [2.24, 2.45) is 0 Å². The zero-order valence-corrected chi connectivity index (χ0v) is 17.5. The molecule has 2 aliphatic rings. The number of aromatic nitrogens is 5. The molecular formula is C24H26N6. The lowest BCUT2D eigenvalue weighted by Crippen LogP contribution is -2.57. The monoisotopic (exact) mass is 398 g/mol. The second-order valence-corrected chi connectivity index (χ2v) is 9.07. The van der Waals surface area contributed by atoms with Gasteiger partial charge in [-0.3, -0.25) is 14.6 Å². The van der Waals surface area contributed by atoms with Crippen molar-refractivity contribution in [3.05, 3.63) is 66.5 Å². The molecule has 3 aromatic heterocycles. The SMILES string of the molecule is CC(C)n1ccnc1CN1CC2(CCn3nc(-c4cnc5ccccc5c4)cc32)C1. The lowest BCUT2D eigenvalue weighted by atomic mass is 9.76. The van der Waals surface area contributed by atoms with Gasteiger partial charge in [0.05, 0.1) is 17.8 Å². The molecule has 1 spiro atoms. The Hall–Kier alpha value is -2.99. The van der Waals surface area contributed by atoms with Gasteiger partial charge in [-0.05, 0) is 38.5 Å². The number of para-hydroxylation sites is 1. The Morgan fingerprint density at radius 2 is 1.97 bits per heavy atom. The van der Waals surface area contributed by atoms with Crippen LogP contribution in [0.15, 0.2) is 55.0 Å². The number of aryl methyl sites for hydroxylation is 1. The number of hydrogen-bond donors (Lipinski definition) is 0. The van der Waals surface area contributed by atoms with E-state index in [1.54, 1.807) is 0 Å². The molecule has 152 valence electrons. The Labute approximate surface area is 176 Å². The first kappa shape index (κ1) is 17.8. The molecule has 5 heterocycles. The Bertz CT molecular complexity index is 1230. The number of pyridine rings is 1. The molecule has 0 unspecified atom stereocenters. The maximum absolute atomic E-state index is 4.92. The van der Waals surface area contributed by atoms with Gasteiger partial charge in [0.1, 0.15) is 5.82 Å². The maximum Gasteiger partial charge on any atom is 0.123 e. The van der Waals surface area contributed by atoms with Gasteiger partial charge in [0.25, 0.3) is 0 Å². The molecule has 4 aromatic rings. The van der Waals surface area contributed by atoms with Gasteiger partial charge in [-0.1, -0.05) is 18.2 Å². The summed E-state index contributed by atoms with van der Waals surface area (Å²) in [6, 6.07) is 13.2. The fraction of sp³-hybridized carbons (Fsp3) is 0.375. The van der Waals surface area contributed by atoms with E-state index >= 15 is 0 Å². The minimum Gasteiger partial charge on any atom is -0.331 e. The molecule has 6 heteroatoms. The van der Waals surface area contributed by atoms with Crippen LogP contribution in [0, 0.1) is 0 Å².